The van der Waals surface area contributed by atoms with E-state index in [9.17, 15) is 5.11 Å². The number of aliphatic hydroxyl groups excluding tert-OH is 1. The standard InChI is InChI=1S/C12H26O2/c1-4-5-6-7-8-9-12(13)10-14-11(2)3/h11-13H,4-10H2,1-3H3. The molecule has 0 aliphatic rings. The third-order valence-corrected chi connectivity index (χ3v) is 2.26. The Labute approximate surface area is 88.7 Å². The Morgan fingerprint density at radius 2 is 1.71 bits per heavy atom. The van der Waals surface area contributed by atoms with Crippen LogP contribution in [-0.4, -0.2) is 23.9 Å². The monoisotopic (exact) mass is 202 g/mol. The lowest BCUT2D eigenvalue weighted by atomic mass is 10.1. The number of hydrogen-bond donors (Lipinski definition) is 1. The normalized spacial score (nSPS) is 13.5. The van der Waals surface area contributed by atoms with E-state index in [2.05, 4.69) is 6.92 Å². The molecule has 0 amide bonds. The maximum atomic E-state index is 9.53. The highest BCUT2D eigenvalue weighted by Gasteiger charge is 2.04. The first kappa shape index (κ1) is 13.9. The predicted molar refractivity (Wildman–Crippen MR) is 60.5 cm³/mol. The lowest BCUT2D eigenvalue weighted by Gasteiger charge is -2.13. The summed E-state index contributed by atoms with van der Waals surface area (Å²) in [5, 5.41) is 9.53. The van der Waals surface area contributed by atoms with Crippen LogP contribution in [0.3, 0.4) is 0 Å². The van der Waals surface area contributed by atoms with Crippen molar-refractivity contribution >= 4 is 0 Å². The lowest BCUT2D eigenvalue weighted by Crippen LogP contribution is -2.18. The van der Waals surface area contributed by atoms with Gasteiger partial charge in [-0.1, -0.05) is 39.0 Å². The summed E-state index contributed by atoms with van der Waals surface area (Å²) >= 11 is 0. The summed E-state index contributed by atoms with van der Waals surface area (Å²) in [4.78, 5) is 0. The summed E-state index contributed by atoms with van der Waals surface area (Å²) < 4.78 is 5.33. The second kappa shape index (κ2) is 9.47. The highest BCUT2D eigenvalue weighted by molar-refractivity contribution is 4.55. The van der Waals surface area contributed by atoms with Crippen molar-refractivity contribution in [1.82, 2.24) is 0 Å². The van der Waals surface area contributed by atoms with E-state index < -0.39 is 0 Å². The van der Waals surface area contributed by atoms with Crippen LogP contribution in [0.5, 0.6) is 0 Å². The molecule has 0 aromatic carbocycles. The van der Waals surface area contributed by atoms with Gasteiger partial charge in [0.05, 0.1) is 18.8 Å². The Balaban J connectivity index is 3.14. The molecule has 0 saturated carbocycles. The van der Waals surface area contributed by atoms with Crippen LogP contribution in [0, 0.1) is 0 Å². The van der Waals surface area contributed by atoms with E-state index in [0.717, 1.165) is 12.8 Å². The van der Waals surface area contributed by atoms with Crippen LogP contribution in [0.4, 0.5) is 0 Å². The Hall–Kier alpha value is -0.0800. The maximum absolute atomic E-state index is 9.53. The van der Waals surface area contributed by atoms with Crippen LogP contribution in [0.2, 0.25) is 0 Å². The molecule has 86 valence electrons. The van der Waals surface area contributed by atoms with Gasteiger partial charge in [-0.05, 0) is 20.3 Å². The van der Waals surface area contributed by atoms with Gasteiger partial charge in [-0.3, -0.25) is 0 Å². The predicted octanol–water partition coefficient (Wildman–Crippen LogP) is 3.13. The summed E-state index contributed by atoms with van der Waals surface area (Å²) in [5.74, 6) is 0. The van der Waals surface area contributed by atoms with Gasteiger partial charge in [-0.2, -0.15) is 0 Å². The largest absolute Gasteiger partial charge is 0.391 e. The van der Waals surface area contributed by atoms with E-state index >= 15 is 0 Å². The lowest BCUT2D eigenvalue weighted by molar-refractivity contribution is 0.00178. The average molecular weight is 202 g/mol. The minimum Gasteiger partial charge on any atom is -0.391 e. The minimum absolute atomic E-state index is 0.227. The molecule has 1 atom stereocenters. The molecular formula is C12H26O2. The molecule has 0 fully saturated rings. The maximum Gasteiger partial charge on any atom is 0.0773 e. The van der Waals surface area contributed by atoms with E-state index in [4.69, 9.17) is 4.74 Å². The van der Waals surface area contributed by atoms with Crippen molar-refractivity contribution in [2.24, 2.45) is 0 Å². The molecule has 2 nitrogen and oxygen atoms in total. The molecule has 14 heavy (non-hydrogen) atoms. The van der Waals surface area contributed by atoms with E-state index in [1.165, 1.54) is 25.7 Å². The van der Waals surface area contributed by atoms with Crippen molar-refractivity contribution in [3.63, 3.8) is 0 Å². The zero-order valence-corrected chi connectivity index (χ0v) is 9.96. The molecule has 0 aliphatic carbocycles. The Morgan fingerprint density at radius 3 is 2.29 bits per heavy atom. The highest BCUT2D eigenvalue weighted by atomic mass is 16.5. The van der Waals surface area contributed by atoms with Crippen molar-refractivity contribution in [2.45, 2.75) is 71.5 Å². The summed E-state index contributed by atoms with van der Waals surface area (Å²) in [5.41, 5.74) is 0. The quantitative estimate of drug-likeness (QED) is 0.582. The van der Waals surface area contributed by atoms with Gasteiger partial charge in [-0.15, -0.1) is 0 Å². The summed E-state index contributed by atoms with van der Waals surface area (Å²) in [7, 11) is 0. The number of rotatable bonds is 9. The fourth-order valence-electron chi connectivity index (χ4n) is 1.37. The molecule has 0 spiro atoms. The molecule has 0 aromatic heterocycles. The van der Waals surface area contributed by atoms with Gasteiger partial charge in [0.25, 0.3) is 0 Å². The first-order valence-electron chi connectivity index (χ1n) is 5.96. The number of hydrogen-bond acceptors (Lipinski definition) is 2. The molecule has 1 N–H and O–H groups in total. The Morgan fingerprint density at radius 1 is 1.07 bits per heavy atom. The third-order valence-electron chi connectivity index (χ3n) is 2.26. The van der Waals surface area contributed by atoms with Crippen molar-refractivity contribution < 1.29 is 9.84 Å². The van der Waals surface area contributed by atoms with Gasteiger partial charge in [-0.25, -0.2) is 0 Å². The van der Waals surface area contributed by atoms with Gasteiger partial charge in [0.15, 0.2) is 0 Å². The van der Waals surface area contributed by atoms with Crippen molar-refractivity contribution in [3.05, 3.63) is 0 Å². The summed E-state index contributed by atoms with van der Waals surface area (Å²) in [6, 6.07) is 0. The van der Waals surface area contributed by atoms with Gasteiger partial charge in [0, 0.05) is 0 Å². The van der Waals surface area contributed by atoms with Crippen LogP contribution in [0.1, 0.15) is 59.3 Å². The second-order valence-electron chi connectivity index (χ2n) is 4.24. The summed E-state index contributed by atoms with van der Waals surface area (Å²) in [6.45, 7) is 6.69. The fourth-order valence-corrected chi connectivity index (χ4v) is 1.37. The molecule has 0 aliphatic heterocycles. The molecule has 0 bridgehead atoms. The zero-order valence-electron chi connectivity index (χ0n) is 9.96. The smallest absolute Gasteiger partial charge is 0.0773 e. The van der Waals surface area contributed by atoms with Crippen LogP contribution in [-0.2, 0) is 4.74 Å². The molecule has 0 heterocycles. The molecule has 2 heteroatoms. The van der Waals surface area contributed by atoms with Crippen molar-refractivity contribution in [3.8, 4) is 0 Å². The number of ether oxygens (including phenoxy) is 1. The number of aliphatic hydroxyl groups is 1. The van der Waals surface area contributed by atoms with E-state index in [-0.39, 0.29) is 12.2 Å². The Kier molecular flexibility index (Phi) is 9.42. The minimum atomic E-state index is -0.265. The van der Waals surface area contributed by atoms with Crippen LogP contribution >= 0.6 is 0 Å². The van der Waals surface area contributed by atoms with Gasteiger partial charge in [0.2, 0.25) is 0 Å². The van der Waals surface area contributed by atoms with Gasteiger partial charge in [0.1, 0.15) is 0 Å². The highest BCUT2D eigenvalue weighted by Crippen LogP contribution is 2.07. The average Bonchev–Trinajstić information content (AvgIpc) is 2.14. The molecule has 0 radical (unpaired) electrons. The van der Waals surface area contributed by atoms with E-state index in [0.29, 0.717) is 6.61 Å². The fraction of sp³-hybridized carbons (Fsp3) is 1.00. The molecule has 0 rings (SSSR count). The van der Waals surface area contributed by atoms with Crippen LogP contribution in [0.25, 0.3) is 0 Å². The molecule has 0 saturated heterocycles. The topological polar surface area (TPSA) is 29.5 Å². The van der Waals surface area contributed by atoms with Crippen LogP contribution < -0.4 is 0 Å². The van der Waals surface area contributed by atoms with Gasteiger partial charge >= 0.3 is 0 Å². The first-order chi connectivity index (χ1) is 6.66. The van der Waals surface area contributed by atoms with E-state index in [1.54, 1.807) is 0 Å². The van der Waals surface area contributed by atoms with Crippen LogP contribution in [0.15, 0.2) is 0 Å². The molecule has 1 unspecified atom stereocenters. The van der Waals surface area contributed by atoms with E-state index in [1.807, 2.05) is 13.8 Å². The van der Waals surface area contributed by atoms with Gasteiger partial charge < -0.3 is 9.84 Å². The SMILES string of the molecule is CCCCCCCC(O)COC(C)C. The first-order valence-corrected chi connectivity index (χ1v) is 5.96. The number of unbranched alkanes of at least 4 members (excludes halogenated alkanes) is 4. The van der Waals surface area contributed by atoms with Crippen molar-refractivity contribution in [1.29, 1.82) is 0 Å². The molecule has 0 aromatic rings. The molecular weight excluding hydrogens is 176 g/mol. The zero-order chi connectivity index (χ0) is 10.8. The Bertz CT molecular complexity index is 113. The van der Waals surface area contributed by atoms with Crippen molar-refractivity contribution in [2.75, 3.05) is 6.61 Å². The third kappa shape index (κ3) is 10.0. The summed E-state index contributed by atoms with van der Waals surface area (Å²) in [6.07, 6.45) is 7.11. The second-order valence-corrected chi connectivity index (χ2v) is 4.24.